The number of nitrogens with one attached hydrogen (secondary N) is 1. The number of nitrogens with zero attached hydrogens (tertiary/aromatic N) is 2. The second-order valence-electron chi connectivity index (χ2n) is 7.31. The van der Waals surface area contributed by atoms with E-state index in [0.29, 0.717) is 41.2 Å². The predicted molar refractivity (Wildman–Crippen MR) is 114 cm³/mol. The summed E-state index contributed by atoms with van der Waals surface area (Å²) in [7, 11) is 1.55. The largest absolute Gasteiger partial charge is 0.497 e. The molecule has 0 saturated carbocycles. The average molecular weight is 395 g/mol. The van der Waals surface area contributed by atoms with Crippen molar-refractivity contribution in [3.63, 3.8) is 0 Å². The number of rotatable bonds is 7. The van der Waals surface area contributed by atoms with Gasteiger partial charge in [0.15, 0.2) is 0 Å². The monoisotopic (exact) mass is 395 g/mol. The zero-order valence-electron chi connectivity index (χ0n) is 16.8. The quantitative estimate of drug-likeness (QED) is 0.667. The Bertz CT molecular complexity index is 1140. The van der Waals surface area contributed by atoms with Crippen molar-refractivity contribution in [2.45, 2.75) is 33.4 Å². The smallest absolute Gasteiger partial charge is 0.331 e. The molecule has 1 aromatic heterocycles. The number of hydrogen-bond acceptors (Lipinski definition) is 4. The molecule has 7 heteroatoms. The van der Waals surface area contributed by atoms with Crippen LogP contribution in [-0.2, 0) is 17.9 Å². The molecule has 0 aliphatic rings. The first-order valence-electron chi connectivity index (χ1n) is 9.57. The average Bonchev–Trinajstić information content (AvgIpc) is 2.71. The van der Waals surface area contributed by atoms with Crippen LogP contribution < -0.4 is 21.3 Å². The van der Waals surface area contributed by atoms with Gasteiger partial charge in [0.2, 0.25) is 5.91 Å². The third-order valence-electron chi connectivity index (χ3n) is 4.72. The summed E-state index contributed by atoms with van der Waals surface area (Å²) in [6.45, 7) is 4.19. The van der Waals surface area contributed by atoms with E-state index >= 15 is 0 Å². The first-order chi connectivity index (χ1) is 13.9. The van der Waals surface area contributed by atoms with E-state index in [-0.39, 0.29) is 18.0 Å². The highest BCUT2D eigenvalue weighted by molar-refractivity contribution is 5.91. The van der Waals surface area contributed by atoms with Crippen LogP contribution in [0.4, 0.5) is 5.69 Å². The summed E-state index contributed by atoms with van der Waals surface area (Å²) in [5.74, 6) is 0.602. The molecule has 0 radical (unpaired) electrons. The van der Waals surface area contributed by atoms with Crippen molar-refractivity contribution in [3.05, 3.63) is 69.4 Å². The molecular weight excluding hydrogens is 370 g/mol. The summed E-state index contributed by atoms with van der Waals surface area (Å²) in [4.78, 5) is 38.5. The van der Waals surface area contributed by atoms with Gasteiger partial charge >= 0.3 is 5.69 Å². The van der Waals surface area contributed by atoms with E-state index in [1.807, 2.05) is 13.8 Å². The van der Waals surface area contributed by atoms with Crippen molar-refractivity contribution in [2.24, 2.45) is 5.92 Å². The number of hydrogen-bond donors (Lipinski definition) is 1. The van der Waals surface area contributed by atoms with Gasteiger partial charge in [-0.3, -0.25) is 18.7 Å². The lowest BCUT2D eigenvalue weighted by Crippen LogP contribution is -2.42. The number of benzene rings is 2. The van der Waals surface area contributed by atoms with Gasteiger partial charge in [0.05, 0.1) is 18.0 Å². The topological polar surface area (TPSA) is 82.3 Å². The number of anilines is 1. The van der Waals surface area contributed by atoms with Gasteiger partial charge in [-0.15, -0.1) is 0 Å². The van der Waals surface area contributed by atoms with Gasteiger partial charge in [-0.1, -0.05) is 32.0 Å². The lowest BCUT2D eigenvalue weighted by atomic mass is 10.1. The van der Waals surface area contributed by atoms with Crippen LogP contribution in [0.2, 0.25) is 0 Å². The molecule has 0 unspecified atom stereocenters. The molecule has 29 heavy (non-hydrogen) atoms. The maximum absolute atomic E-state index is 13.0. The van der Waals surface area contributed by atoms with Gasteiger partial charge in [-0.05, 0) is 36.6 Å². The molecule has 1 N–H and O–H groups in total. The summed E-state index contributed by atoms with van der Waals surface area (Å²) >= 11 is 0. The molecule has 0 bridgehead atoms. The first kappa shape index (κ1) is 20.4. The Morgan fingerprint density at radius 2 is 1.83 bits per heavy atom. The van der Waals surface area contributed by atoms with Crippen molar-refractivity contribution >= 4 is 22.5 Å². The van der Waals surface area contributed by atoms with E-state index in [0.717, 1.165) is 0 Å². The highest BCUT2D eigenvalue weighted by atomic mass is 16.5. The second kappa shape index (κ2) is 8.77. The van der Waals surface area contributed by atoms with E-state index in [1.54, 1.807) is 55.6 Å². The zero-order chi connectivity index (χ0) is 21.0. The summed E-state index contributed by atoms with van der Waals surface area (Å²) in [6, 6.07) is 13.8. The Kier molecular flexibility index (Phi) is 6.16. The molecule has 1 amide bonds. The number of methoxy groups -OCH3 is 1. The minimum atomic E-state index is -0.477. The van der Waals surface area contributed by atoms with Gasteiger partial charge < -0.3 is 10.1 Å². The highest BCUT2D eigenvalue weighted by Crippen LogP contribution is 2.17. The molecule has 0 saturated heterocycles. The predicted octanol–water partition coefficient (Wildman–Crippen LogP) is 2.86. The molecule has 0 fully saturated rings. The van der Waals surface area contributed by atoms with E-state index in [9.17, 15) is 14.4 Å². The Morgan fingerprint density at radius 1 is 1.07 bits per heavy atom. The molecule has 0 atom stereocenters. The maximum atomic E-state index is 13.0. The lowest BCUT2D eigenvalue weighted by Gasteiger charge is -2.15. The SMILES string of the molecule is COc1cccc(NC(=O)Cn2c(=O)n(CCC(C)C)c(=O)c3ccccc32)c1. The van der Waals surface area contributed by atoms with Crippen molar-refractivity contribution in [2.75, 3.05) is 12.4 Å². The zero-order valence-corrected chi connectivity index (χ0v) is 16.8. The third kappa shape index (κ3) is 4.56. The minimum absolute atomic E-state index is 0.196. The van der Waals surface area contributed by atoms with Gasteiger partial charge in [0, 0.05) is 18.3 Å². The van der Waals surface area contributed by atoms with Crippen LogP contribution in [0.15, 0.2) is 58.1 Å². The normalized spacial score (nSPS) is 11.0. The van der Waals surface area contributed by atoms with Crippen molar-refractivity contribution < 1.29 is 9.53 Å². The molecule has 1 heterocycles. The Morgan fingerprint density at radius 3 is 2.55 bits per heavy atom. The van der Waals surface area contributed by atoms with E-state index in [1.165, 1.54) is 9.13 Å². The highest BCUT2D eigenvalue weighted by Gasteiger charge is 2.15. The number of aromatic nitrogens is 2. The second-order valence-corrected chi connectivity index (χ2v) is 7.31. The fourth-order valence-corrected chi connectivity index (χ4v) is 3.15. The molecule has 152 valence electrons. The summed E-state index contributed by atoms with van der Waals surface area (Å²) < 4.78 is 7.74. The standard InChI is InChI=1S/C22H25N3O4/c1-15(2)11-12-24-21(27)18-9-4-5-10-19(18)25(22(24)28)14-20(26)23-16-7-6-8-17(13-16)29-3/h4-10,13,15H,11-12,14H2,1-3H3,(H,23,26). The van der Waals surface area contributed by atoms with Gasteiger partial charge in [-0.2, -0.15) is 0 Å². The fourth-order valence-electron chi connectivity index (χ4n) is 3.15. The Labute approximate surface area is 168 Å². The lowest BCUT2D eigenvalue weighted by molar-refractivity contribution is -0.116. The van der Waals surface area contributed by atoms with Crippen LogP contribution in [0, 0.1) is 5.92 Å². The number of amides is 1. The van der Waals surface area contributed by atoms with Gasteiger partial charge in [-0.25, -0.2) is 4.79 Å². The van der Waals surface area contributed by atoms with Crippen LogP contribution in [0.1, 0.15) is 20.3 Å². The van der Waals surface area contributed by atoms with Crippen molar-refractivity contribution in [3.8, 4) is 5.75 Å². The van der Waals surface area contributed by atoms with Crippen molar-refractivity contribution in [1.29, 1.82) is 0 Å². The fraction of sp³-hybridized carbons (Fsp3) is 0.318. The van der Waals surface area contributed by atoms with Crippen LogP contribution in [0.5, 0.6) is 5.75 Å². The summed E-state index contributed by atoms with van der Waals surface area (Å²) in [5.41, 5.74) is 0.217. The number of carbonyl (C=O) groups excluding carboxylic acids is 1. The molecule has 0 spiro atoms. The van der Waals surface area contributed by atoms with Gasteiger partial charge in [0.1, 0.15) is 12.3 Å². The molecule has 3 aromatic rings. The summed E-state index contributed by atoms with van der Waals surface area (Å²) in [6.07, 6.45) is 0.698. The number of carbonyl (C=O) groups is 1. The van der Waals surface area contributed by atoms with E-state index in [4.69, 9.17) is 4.74 Å². The van der Waals surface area contributed by atoms with Crippen molar-refractivity contribution in [1.82, 2.24) is 9.13 Å². The number of ether oxygens (including phenoxy) is 1. The van der Waals surface area contributed by atoms with Gasteiger partial charge in [0.25, 0.3) is 5.56 Å². The van der Waals surface area contributed by atoms with Crippen LogP contribution in [0.3, 0.4) is 0 Å². The maximum Gasteiger partial charge on any atom is 0.331 e. The molecule has 2 aromatic carbocycles. The Balaban J connectivity index is 1.98. The summed E-state index contributed by atoms with van der Waals surface area (Å²) in [5, 5.41) is 3.20. The Hall–Kier alpha value is -3.35. The van der Waals surface area contributed by atoms with E-state index in [2.05, 4.69) is 5.32 Å². The van der Waals surface area contributed by atoms with Crippen LogP contribution in [-0.4, -0.2) is 22.2 Å². The molecule has 7 nitrogen and oxygen atoms in total. The number of para-hydroxylation sites is 1. The number of fused-ring (bicyclic) bond motifs is 1. The molecule has 0 aliphatic carbocycles. The van der Waals surface area contributed by atoms with Crippen LogP contribution in [0.25, 0.3) is 10.9 Å². The first-order valence-corrected chi connectivity index (χ1v) is 9.57. The third-order valence-corrected chi connectivity index (χ3v) is 4.72. The van der Waals surface area contributed by atoms with Crippen LogP contribution >= 0.6 is 0 Å². The molecule has 3 rings (SSSR count). The minimum Gasteiger partial charge on any atom is -0.497 e. The molecular formula is C22H25N3O4. The van der Waals surface area contributed by atoms with E-state index < -0.39 is 5.69 Å². The molecule has 0 aliphatic heterocycles.